The number of carboxylic acid groups (broad SMARTS) is 1. The number of benzene rings is 1. The lowest BCUT2D eigenvalue weighted by atomic mass is 9.64. The van der Waals surface area contributed by atoms with Crippen LogP contribution in [-0.4, -0.2) is 25.2 Å². The van der Waals surface area contributed by atoms with Crippen LogP contribution in [0.5, 0.6) is 0 Å². The third-order valence-electron chi connectivity index (χ3n) is 3.60. The lowest BCUT2D eigenvalue weighted by molar-refractivity contribution is -0.147. The summed E-state index contributed by atoms with van der Waals surface area (Å²) in [6.45, 7) is 0. The van der Waals surface area contributed by atoms with E-state index in [1.165, 1.54) is 0 Å². The lowest BCUT2D eigenvalue weighted by Crippen LogP contribution is -2.42. The Balaban J connectivity index is 2.46. The van der Waals surface area contributed by atoms with E-state index in [4.69, 9.17) is 0 Å². The Morgan fingerprint density at radius 1 is 1.41 bits per heavy atom. The summed E-state index contributed by atoms with van der Waals surface area (Å²) in [5.41, 5.74) is 1.30. The van der Waals surface area contributed by atoms with Crippen molar-refractivity contribution in [1.29, 1.82) is 0 Å². The molecule has 17 heavy (non-hydrogen) atoms. The van der Waals surface area contributed by atoms with Crippen LogP contribution in [-0.2, 0) is 10.2 Å². The van der Waals surface area contributed by atoms with Crippen LogP contribution in [0.2, 0.25) is 0 Å². The summed E-state index contributed by atoms with van der Waals surface area (Å²) in [7, 11) is 3.91. The molecule has 0 unspecified atom stereocenters. The van der Waals surface area contributed by atoms with Crippen LogP contribution in [0, 0.1) is 0 Å². The Labute approximate surface area is 110 Å². The fourth-order valence-electron chi connectivity index (χ4n) is 2.31. The first-order valence-electron chi connectivity index (χ1n) is 5.68. The van der Waals surface area contributed by atoms with Gasteiger partial charge in [0.2, 0.25) is 0 Å². The molecular weight excluding hydrogens is 282 g/mol. The number of hydrogen-bond acceptors (Lipinski definition) is 2. The molecule has 0 amide bonds. The normalized spacial score (nSPS) is 17.4. The average Bonchev–Trinajstić information content (AvgIpc) is 2.17. The molecule has 1 saturated carbocycles. The molecular formula is C13H16BrNO2. The van der Waals surface area contributed by atoms with Crippen molar-refractivity contribution in [2.45, 2.75) is 24.7 Å². The summed E-state index contributed by atoms with van der Waals surface area (Å²) in [6.07, 6.45) is 2.49. The van der Waals surface area contributed by atoms with Gasteiger partial charge in [0, 0.05) is 18.6 Å². The molecule has 0 bridgehead atoms. The van der Waals surface area contributed by atoms with Crippen LogP contribution in [0.3, 0.4) is 0 Å². The van der Waals surface area contributed by atoms with Gasteiger partial charge in [-0.15, -0.1) is 0 Å². The van der Waals surface area contributed by atoms with Crippen molar-refractivity contribution in [3.8, 4) is 0 Å². The Kier molecular flexibility index (Phi) is 3.17. The second-order valence-corrected chi connectivity index (χ2v) is 5.66. The Morgan fingerprint density at radius 3 is 2.47 bits per heavy atom. The van der Waals surface area contributed by atoms with Gasteiger partial charge in [-0.2, -0.15) is 0 Å². The van der Waals surface area contributed by atoms with E-state index in [1.807, 2.05) is 37.2 Å². The SMILES string of the molecule is CN(C)c1cc(C2(C(=O)O)CCC2)ccc1Br. The van der Waals surface area contributed by atoms with Gasteiger partial charge >= 0.3 is 5.97 Å². The number of anilines is 1. The van der Waals surface area contributed by atoms with Gasteiger partial charge in [-0.05, 0) is 46.5 Å². The molecule has 1 aromatic rings. The molecule has 92 valence electrons. The maximum atomic E-state index is 11.4. The highest BCUT2D eigenvalue weighted by Gasteiger charge is 2.46. The van der Waals surface area contributed by atoms with Gasteiger partial charge in [-0.3, -0.25) is 4.79 Å². The van der Waals surface area contributed by atoms with Crippen molar-refractivity contribution >= 4 is 27.6 Å². The number of hydrogen-bond donors (Lipinski definition) is 1. The summed E-state index contributed by atoms with van der Waals surface area (Å²) >= 11 is 3.49. The maximum absolute atomic E-state index is 11.4. The number of halogens is 1. The predicted molar refractivity (Wildman–Crippen MR) is 71.6 cm³/mol. The largest absolute Gasteiger partial charge is 0.481 e. The summed E-state index contributed by atoms with van der Waals surface area (Å²) in [4.78, 5) is 13.4. The van der Waals surface area contributed by atoms with Crippen molar-refractivity contribution in [1.82, 2.24) is 0 Å². The zero-order chi connectivity index (χ0) is 12.6. The number of nitrogens with zero attached hydrogens (tertiary/aromatic N) is 1. The van der Waals surface area contributed by atoms with Crippen molar-refractivity contribution in [2.75, 3.05) is 19.0 Å². The zero-order valence-corrected chi connectivity index (χ0v) is 11.6. The van der Waals surface area contributed by atoms with E-state index < -0.39 is 11.4 Å². The minimum atomic E-state index is -0.698. The molecule has 2 rings (SSSR count). The molecule has 0 heterocycles. The summed E-state index contributed by atoms with van der Waals surface area (Å²) < 4.78 is 0.992. The quantitative estimate of drug-likeness (QED) is 0.932. The van der Waals surface area contributed by atoms with Gasteiger partial charge in [0.15, 0.2) is 0 Å². The summed E-state index contributed by atoms with van der Waals surface area (Å²) in [6, 6.07) is 5.84. The monoisotopic (exact) mass is 297 g/mol. The number of aliphatic carboxylic acids is 1. The van der Waals surface area contributed by atoms with Crippen LogP contribution in [0.4, 0.5) is 5.69 Å². The molecule has 1 fully saturated rings. The zero-order valence-electron chi connectivity index (χ0n) is 10.0. The Bertz CT molecular complexity index is 453. The number of carbonyl (C=O) groups is 1. The van der Waals surface area contributed by atoms with E-state index in [2.05, 4.69) is 15.9 Å². The summed E-state index contributed by atoms with van der Waals surface area (Å²) in [5.74, 6) is -0.698. The first-order chi connectivity index (χ1) is 7.97. The first-order valence-corrected chi connectivity index (χ1v) is 6.47. The van der Waals surface area contributed by atoms with E-state index in [0.29, 0.717) is 0 Å². The third kappa shape index (κ3) is 1.95. The molecule has 1 aliphatic carbocycles. The smallest absolute Gasteiger partial charge is 0.314 e. The number of carboxylic acids is 1. The van der Waals surface area contributed by atoms with Crippen molar-refractivity contribution in [2.24, 2.45) is 0 Å². The molecule has 0 aromatic heterocycles. The Morgan fingerprint density at radius 2 is 2.06 bits per heavy atom. The molecule has 0 radical (unpaired) electrons. The maximum Gasteiger partial charge on any atom is 0.314 e. The topological polar surface area (TPSA) is 40.5 Å². The molecule has 0 spiro atoms. The van der Waals surface area contributed by atoms with Crippen LogP contribution in [0.15, 0.2) is 22.7 Å². The average molecular weight is 298 g/mol. The molecule has 0 atom stereocenters. The van der Waals surface area contributed by atoms with Crippen LogP contribution in [0.25, 0.3) is 0 Å². The highest BCUT2D eigenvalue weighted by Crippen LogP contribution is 2.45. The summed E-state index contributed by atoms with van der Waals surface area (Å²) in [5, 5.41) is 9.41. The Hall–Kier alpha value is -1.03. The van der Waals surface area contributed by atoms with Crippen LogP contribution >= 0.6 is 15.9 Å². The minimum absolute atomic E-state index is 0.647. The van der Waals surface area contributed by atoms with E-state index >= 15 is 0 Å². The highest BCUT2D eigenvalue weighted by molar-refractivity contribution is 9.10. The van der Waals surface area contributed by atoms with E-state index in [1.54, 1.807) is 0 Å². The second-order valence-electron chi connectivity index (χ2n) is 4.80. The molecule has 1 aromatic carbocycles. The van der Waals surface area contributed by atoms with Crippen molar-refractivity contribution in [3.63, 3.8) is 0 Å². The first kappa shape index (κ1) is 12.4. The molecule has 1 N–H and O–H groups in total. The second kappa shape index (κ2) is 4.33. The van der Waals surface area contributed by atoms with E-state index in [0.717, 1.165) is 35.0 Å². The number of rotatable bonds is 3. The molecule has 4 heteroatoms. The molecule has 1 aliphatic rings. The molecule has 0 saturated heterocycles. The van der Waals surface area contributed by atoms with Gasteiger partial charge in [-0.25, -0.2) is 0 Å². The molecule has 0 aliphatic heterocycles. The van der Waals surface area contributed by atoms with Gasteiger partial charge < -0.3 is 10.0 Å². The van der Waals surface area contributed by atoms with Crippen LogP contribution < -0.4 is 4.90 Å². The van der Waals surface area contributed by atoms with Crippen molar-refractivity contribution < 1.29 is 9.90 Å². The van der Waals surface area contributed by atoms with Crippen molar-refractivity contribution in [3.05, 3.63) is 28.2 Å². The van der Waals surface area contributed by atoms with Gasteiger partial charge in [0.05, 0.1) is 11.1 Å². The minimum Gasteiger partial charge on any atom is -0.481 e. The van der Waals surface area contributed by atoms with E-state index in [-0.39, 0.29) is 0 Å². The van der Waals surface area contributed by atoms with Gasteiger partial charge in [0.25, 0.3) is 0 Å². The fourth-order valence-corrected chi connectivity index (χ4v) is 2.91. The predicted octanol–water partition coefficient (Wildman–Crippen LogP) is 3.02. The third-order valence-corrected chi connectivity index (χ3v) is 4.27. The highest BCUT2D eigenvalue weighted by atomic mass is 79.9. The van der Waals surface area contributed by atoms with E-state index in [9.17, 15) is 9.90 Å². The molecule has 3 nitrogen and oxygen atoms in total. The van der Waals surface area contributed by atoms with Gasteiger partial charge in [-0.1, -0.05) is 12.5 Å². The lowest BCUT2D eigenvalue weighted by Gasteiger charge is -2.38. The standard InChI is InChI=1S/C13H16BrNO2/c1-15(2)11-8-9(4-5-10(11)14)13(12(16)17)6-3-7-13/h4-5,8H,3,6-7H2,1-2H3,(H,16,17). The fraction of sp³-hybridized carbons (Fsp3) is 0.462. The van der Waals surface area contributed by atoms with Crippen LogP contribution in [0.1, 0.15) is 24.8 Å². The van der Waals surface area contributed by atoms with Gasteiger partial charge in [0.1, 0.15) is 0 Å².